The van der Waals surface area contributed by atoms with Crippen molar-refractivity contribution in [2.45, 2.75) is 45.1 Å². The number of fused-ring (bicyclic) bond motifs is 2. The Balaban J connectivity index is 1.59. The molecule has 2 aliphatic carbocycles. The van der Waals surface area contributed by atoms with Crippen LogP contribution in [0.2, 0.25) is 0 Å². The van der Waals surface area contributed by atoms with Crippen molar-refractivity contribution < 1.29 is 14.3 Å². The average Bonchev–Trinajstić information content (AvgIpc) is 3.18. The van der Waals surface area contributed by atoms with Gasteiger partial charge in [-0.3, -0.25) is 0 Å². The van der Waals surface area contributed by atoms with Gasteiger partial charge in [0.1, 0.15) is 11.9 Å². The zero-order valence-corrected chi connectivity index (χ0v) is 15.7. The lowest BCUT2D eigenvalue weighted by atomic mass is 9.86. The molecule has 2 bridgehead atoms. The highest BCUT2D eigenvalue weighted by atomic mass is 16.5. The lowest BCUT2D eigenvalue weighted by Crippen LogP contribution is -2.38. The Morgan fingerprint density at radius 1 is 1.16 bits per heavy atom. The molecule has 25 heavy (non-hydrogen) atoms. The molecule has 3 rings (SSSR count). The van der Waals surface area contributed by atoms with Crippen molar-refractivity contribution >= 4 is 5.97 Å². The molecule has 0 heterocycles. The first kappa shape index (κ1) is 18.2. The van der Waals surface area contributed by atoms with Crippen LogP contribution < -0.4 is 4.74 Å². The fourth-order valence-corrected chi connectivity index (χ4v) is 4.43. The van der Waals surface area contributed by atoms with E-state index in [1.54, 1.807) is 0 Å². The summed E-state index contributed by atoms with van der Waals surface area (Å²) in [6.07, 6.45) is 5.95. The third-order valence-electron chi connectivity index (χ3n) is 5.68. The Labute approximate surface area is 151 Å². The molecule has 0 amide bonds. The Hall–Kier alpha value is -1.55. The molecule has 1 aromatic carbocycles. The molecule has 0 N–H and O–H groups in total. The van der Waals surface area contributed by atoms with E-state index in [4.69, 9.17) is 9.47 Å². The van der Waals surface area contributed by atoms with Gasteiger partial charge >= 0.3 is 5.97 Å². The molecule has 4 nitrogen and oxygen atoms in total. The third-order valence-corrected chi connectivity index (χ3v) is 5.68. The van der Waals surface area contributed by atoms with Crippen LogP contribution in [0.4, 0.5) is 0 Å². The van der Waals surface area contributed by atoms with E-state index in [1.165, 1.54) is 19.3 Å². The first-order chi connectivity index (χ1) is 12.1. The molecule has 0 aromatic heterocycles. The summed E-state index contributed by atoms with van der Waals surface area (Å²) in [5.41, 5.74) is 0.620. The smallest absolute Gasteiger partial charge is 0.338 e. The van der Waals surface area contributed by atoms with E-state index in [-0.39, 0.29) is 12.1 Å². The second-order valence-electron chi connectivity index (χ2n) is 7.86. The number of hydrogen-bond acceptors (Lipinski definition) is 4. The van der Waals surface area contributed by atoms with Gasteiger partial charge in [-0.25, -0.2) is 4.79 Å². The zero-order chi connectivity index (χ0) is 17.8. The van der Waals surface area contributed by atoms with Crippen LogP contribution in [0, 0.1) is 17.8 Å². The quantitative estimate of drug-likeness (QED) is 0.527. The number of carbonyl (C=O) groups is 1. The van der Waals surface area contributed by atoms with Crippen molar-refractivity contribution in [2.24, 2.45) is 17.8 Å². The highest BCUT2D eigenvalue weighted by Crippen LogP contribution is 2.50. The molecule has 2 saturated carbocycles. The SMILES string of the molecule is CCCCOc1ccc(C(=O)OC2C3CCC(C3)C2CN(C)C)cc1. The van der Waals surface area contributed by atoms with Crippen LogP contribution in [0.25, 0.3) is 0 Å². The van der Waals surface area contributed by atoms with Crippen LogP contribution in [0.15, 0.2) is 24.3 Å². The molecule has 0 spiro atoms. The van der Waals surface area contributed by atoms with Crippen molar-refractivity contribution in [3.05, 3.63) is 29.8 Å². The van der Waals surface area contributed by atoms with Gasteiger partial charge in [0.2, 0.25) is 0 Å². The molecule has 0 radical (unpaired) electrons. The normalized spacial score (nSPS) is 27.7. The molecule has 2 aliphatic rings. The summed E-state index contributed by atoms with van der Waals surface area (Å²) >= 11 is 0. The van der Waals surface area contributed by atoms with Crippen molar-refractivity contribution in [1.29, 1.82) is 0 Å². The summed E-state index contributed by atoms with van der Waals surface area (Å²) in [5, 5.41) is 0. The van der Waals surface area contributed by atoms with Gasteiger partial charge in [-0.15, -0.1) is 0 Å². The summed E-state index contributed by atoms with van der Waals surface area (Å²) in [4.78, 5) is 14.8. The molecule has 138 valence electrons. The predicted octanol–water partition coefficient (Wildman–Crippen LogP) is 4.00. The highest BCUT2D eigenvalue weighted by Gasteiger charge is 2.49. The van der Waals surface area contributed by atoms with Gasteiger partial charge in [0.05, 0.1) is 12.2 Å². The first-order valence-electron chi connectivity index (χ1n) is 9.67. The van der Waals surface area contributed by atoms with Crippen molar-refractivity contribution in [1.82, 2.24) is 4.90 Å². The molecule has 1 aromatic rings. The summed E-state index contributed by atoms with van der Waals surface area (Å²) in [7, 11) is 4.20. The number of unbranched alkanes of at least 4 members (excludes halogenated alkanes) is 1. The van der Waals surface area contributed by atoms with Crippen molar-refractivity contribution in [3.63, 3.8) is 0 Å². The third kappa shape index (κ3) is 4.35. The molecule has 0 aliphatic heterocycles. The monoisotopic (exact) mass is 345 g/mol. The minimum absolute atomic E-state index is 0.0779. The minimum Gasteiger partial charge on any atom is -0.494 e. The van der Waals surface area contributed by atoms with Crippen LogP contribution in [0.3, 0.4) is 0 Å². The van der Waals surface area contributed by atoms with Crippen LogP contribution in [-0.4, -0.2) is 44.2 Å². The van der Waals surface area contributed by atoms with E-state index in [0.29, 0.717) is 17.4 Å². The van der Waals surface area contributed by atoms with Gasteiger partial charge < -0.3 is 14.4 Å². The van der Waals surface area contributed by atoms with Gasteiger partial charge in [0.15, 0.2) is 0 Å². The molecule has 0 saturated heterocycles. The number of ether oxygens (including phenoxy) is 2. The molecular weight excluding hydrogens is 314 g/mol. The van der Waals surface area contributed by atoms with E-state index < -0.39 is 0 Å². The maximum Gasteiger partial charge on any atom is 0.338 e. The van der Waals surface area contributed by atoms with E-state index >= 15 is 0 Å². The highest BCUT2D eigenvalue weighted by molar-refractivity contribution is 5.89. The van der Waals surface area contributed by atoms with Crippen molar-refractivity contribution in [2.75, 3.05) is 27.2 Å². The lowest BCUT2D eigenvalue weighted by molar-refractivity contribution is -0.00839. The Morgan fingerprint density at radius 2 is 1.88 bits per heavy atom. The van der Waals surface area contributed by atoms with E-state index in [0.717, 1.165) is 37.7 Å². The fraction of sp³-hybridized carbons (Fsp3) is 0.667. The van der Waals surface area contributed by atoms with E-state index in [2.05, 4.69) is 25.9 Å². The van der Waals surface area contributed by atoms with Crippen LogP contribution >= 0.6 is 0 Å². The number of hydrogen-bond donors (Lipinski definition) is 0. The first-order valence-corrected chi connectivity index (χ1v) is 9.67. The summed E-state index contributed by atoms with van der Waals surface area (Å²) in [6.45, 7) is 3.86. The predicted molar refractivity (Wildman–Crippen MR) is 98.9 cm³/mol. The van der Waals surface area contributed by atoms with Gasteiger partial charge in [0.25, 0.3) is 0 Å². The standard InChI is InChI=1S/C21H31NO3/c1-4-5-12-24-18-10-8-15(9-11-18)21(23)25-20-17-7-6-16(13-17)19(20)14-22(2)3/h8-11,16-17,19-20H,4-7,12-14H2,1-3H3. The molecule has 4 atom stereocenters. The topological polar surface area (TPSA) is 38.8 Å². The van der Waals surface area contributed by atoms with Gasteiger partial charge in [-0.05, 0) is 75.9 Å². The Morgan fingerprint density at radius 3 is 2.56 bits per heavy atom. The number of carbonyl (C=O) groups excluding carboxylic acids is 1. The van der Waals surface area contributed by atoms with Crippen LogP contribution in [-0.2, 0) is 4.74 Å². The Kier molecular flexibility index (Phi) is 6.00. The number of benzene rings is 1. The number of esters is 1. The van der Waals surface area contributed by atoms with Crippen LogP contribution in [0.1, 0.15) is 49.4 Å². The number of nitrogens with zero attached hydrogens (tertiary/aromatic N) is 1. The molecular formula is C21H31NO3. The van der Waals surface area contributed by atoms with Gasteiger partial charge in [-0.1, -0.05) is 13.3 Å². The van der Waals surface area contributed by atoms with E-state index in [1.807, 2.05) is 24.3 Å². The fourth-order valence-electron chi connectivity index (χ4n) is 4.43. The zero-order valence-electron chi connectivity index (χ0n) is 15.7. The molecule has 4 unspecified atom stereocenters. The van der Waals surface area contributed by atoms with Crippen molar-refractivity contribution in [3.8, 4) is 5.75 Å². The second-order valence-corrected chi connectivity index (χ2v) is 7.86. The maximum atomic E-state index is 12.6. The summed E-state index contributed by atoms with van der Waals surface area (Å²) in [5.74, 6) is 2.38. The van der Waals surface area contributed by atoms with Crippen LogP contribution in [0.5, 0.6) is 5.75 Å². The second kappa shape index (κ2) is 8.22. The maximum absolute atomic E-state index is 12.6. The summed E-state index contributed by atoms with van der Waals surface area (Å²) < 4.78 is 11.6. The molecule has 2 fully saturated rings. The Bertz CT molecular complexity index is 569. The number of rotatable bonds is 8. The van der Waals surface area contributed by atoms with E-state index in [9.17, 15) is 4.79 Å². The van der Waals surface area contributed by atoms with Gasteiger partial charge in [-0.2, -0.15) is 0 Å². The largest absolute Gasteiger partial charge is 0.494 e. The molecule has 4 heteroatoms. The average molecular weight is 345 g/mol. The van der Waals surface area contributed by atoms with Gasteiger partial charge in [0, 0.05) is 12.5 Å². The minimum atomic E-state index is -0.193. The summed E-state index contributed by atoms with van der Waals surface area (Å²) in [6, 6.07) is 7.37. The lowest BCUT2D eigenvalue weighted by Gasteiger charge is -2.32.